The first kappa shape index (κ1) is 12.5. The summed E-state index contributed by atoms with van der Waals surface area (Å²) in [5, 5.41) is 3.41. The zero-order chi connectivity index (χ0) is 13.1. The third kappa shape index (κ3) is 3.26. The zero-order valence-corrected chi connectivity index (χ0v) is 11.0. The highest BCUT2D eigenvalue weighted by molar-refractivity contribution is 5.84. The van der Waals surface area contributed by atoms with E-state index in [2.05, 4.69) is 5.32 Å². The van der Waals surface area contributed by atoms with E-state index in [9.17, 15) is 4.79 Å². The fraction of sp³-hybridized carbons (Fsp3) is 0.533. The van der Waals surface area contributed by atoms with E-state index in [1.54, 1.807) is 0 Å². The lowest BCUT2D eigenvalue weighted by molar-refractivity contribution is -0.129. The number of carbonyl (C=O) groups excluding carboxylic acids is 1. The molecule has 2 fully saturated rings. The van der Waals surface area contributed by atoms with E-state index in [1.165, 1.54) is 12.8 Å². The highest BCUT2D eigenvalue weighted by Crippen LogP contribution is 2.22. The van der Waals surface area contributed by atoms with Crippen LogP contribution in [0.5, 0.6) is 5.75 Å². The van der Waals surface area contributed by atoms with Crippen LogP contribution in [-0.2, 0) is 4.79 Å². The van der Waals surface area contributed by atoms with Crippen molar-refractivity contribution >= 4 is 5.91 Å². The van der Waals surface area contributed by atoms with Crippen LogP contribution in [0.1, 0.15) is 19.3 Å². The minimum atomic E-state index is 0.0456. The quantitative estimate of drug-likeness (QED) is 0.841. The Balaban J connectivity index is 1.42. The number of hydrogen-bond donors (Lipinski definition) is 1. The average molecular weight is 260 g/mol. The molecule has 4 nitrogen and oxygen atoms in total. The molecule has 1 aliphatic heterocycles. The predicted molar refractivity (Wildman–Crippen MR) is 73.1 cm³/mol. The predicted octanol–water partition coefficient (Wildman–Crippen LogP) is 1.42. The molecule has 4 heteroatoms. The van der Waals surface area contributed by atoms with Gasteiger partial charge < -0.3 is 15.0 Å². The topological polar surface area (TPSA) is 41.6 Å². The first-order chi connectivity index (χ1) is 9.33. The molecule has 1 N–H and O–H groups in total. The summed E-state index contributed by atoms with van der Waals surface area (Å²) < 4.78 is 5.63. The van der Waals surface area contributed by atoms with Crippen molar-refractivity contribution in [1.82, 2.24) is 10.2 Å². The minimum Gasteiger partial charge on any atom is -0.492 e. The van der Waals surface area contributed by atoms with Crippen LogP contribution in [-0.4, -0.2) is 42.6 Å². The highest BCUT2D eigenvalue weighted by atomic mass is 16.5. The normalized spacial score (nSPS) is 22.8. The first-order valence-corrected chi connectivity index (χ1v) is 7.05. The van der Waals surface area contributed by atoms with Crippen LogP contribution >= 0.6 is 0 Å². The molecule has 1 amide bonds. The molecule has 102 valence electrons. The Morgan fingerprint density at radius 3 is 2.74 bits per heavy atom. The molecule has 1 atom stereocenters. The van der Waals surface area contributed by atoms with Gasteiger partial charge in [0.05, 0.1) is 12.6 Å². The molecule has 19 heavy (non-hydrogen) atoms. The van der Waals surface area contributed by atoms with Gasteiger partial charge in [-0.3, -0.25) is 4.79 Å². The number of hydrogen-bond acceptors (Lipinski definition) is 3. The smallest absolute Gasteiger partial charge is 0.239 e. The Labute approximate surface area is 113 Å². The fourth-order valence-electron chi connectivity index (χ4n) is 2.44. The standard InChI is InChI=1S/C15H20N2O2/c18-15-14(16-12-6-7-12)8-9-17(15)10-11-19-13-4-2-1-3-5-13/h1-5,12,14,16H,6-11H2. The van der Waals surface area contributed by atoms with Gasteiger partial charge in [0.1, 0.15) is 12.4 Å². The molecule has 0 spiro atoms. The van der Waals surface area contributed by atoms with Crippen molar-refractivity contribution in [3.05, 3.63) is 30.3 Å². The second-order valence-corrected chi connectivity index (χ2v) is 5.27. The van der Waals surface area contributed by atoms with Gasteiger partial charge in [-0.2, -0.15) is 0 Å². The summed E-state index contributed by atoms with van der Waals surface area (Å²) in [6.07, 6.45) is 3.38. The Morgan fingerprint density at radius 2 is 2.00 bits per heavy atom. The van der Waals surface area contributed by atoms with E-state index in [-0.39, 0.29) is 11.9 Å². The van der Waals surface area contributed by atoms with Crippen molar-refractivity contribution < 1.29 is 9.53 Å². The lowest BCUT2D eigenvalue weighted by Gasteiger charge is -2.17. The SMILES string of the molecule is O=C1C(NC2CC2)CCN1CCOc1ccccc1. The number of nitrogens with one attached hydrogen (secondary N) is 1. The van der Waals surface area contributed by atoms with Crippen molar-refractivity contribution in [2.24, 2.45) is 0 Å². The van der Waals surface area contributed by atoms with Crippen LogP contribution in [0, 0.1) is 0 Å². The van der Waals surface area contributed by atoms with Gasteiger partial charge in [-0.25, -0.2) is 0 Å². The van der Waals surface area contributed by atoms with Gasteiger partial charge >= 0.3 is 0 Å². The molecule has 1 saturated carbocycles. The molecule has 1 aromatic carbocycles. The van der Waals surface area contributed by atoms with E-state index in [0.717, 1.165) is 18.7 Å². The molecule has 1 heterocycles. The number of nitrogens with zero attached hydrogens (tertiary/aromatic N) is 1. The molecule has 3 rings (SSSR count). The largest absolute Gasteiger partial charge is 0.492 e. The van der Waals surface area contributed by atoms with Crippen LogP contribution < -0.4 is 10.1 Å². The van der Waals surface area contributed by atoms with Crippen molar-refractivity contribution in [2.75, 3.05) is 19.7 Å². The minimum absolute atomic E-state index is 0.0456. The van der Waals surface area contributed by atoms with E-state index in [1.807, 2.05) is 35.2 Å². The van der Waals surface area contributed by atoms with Gasteiger partial charge in [0, 0.05) is 12.6 Å². The Hall–Kier alpha value is -1.55. The maximum absolute atomic E-state index is 12.1. The zero-order valence-electron chi connectivity index (χ0n) is 11.0. The number of amides is 1. The van der Waals surface area contributed by atoms with E-state index >= 15 is 0 Å². The molecule has 1 saturated heterocycles. The Morgan fingerprint density at radius 1 is 1.21 bits per heavy atom. The number of benzene rings is 1. The summed E-state index contributed by atoms with van der Waals surface area (Å²) in [5.74, 6) is 1.10. The van der Waals surface area contributed by atoms with Gasteiger partial charge in [-0.1, -0.05) is 18.2 Å². The molecule has 1 aromatic rings. The third-order valence-corrected chi connectivity index (χ3v) is 3.68. The Bertz CT molecular complexity index is 431. The van der Waals surface area contributed by atoms with Crippen LogP contribution in [0.15, 0.2) is 30.3 Å². The molecule has 2 aliphatic rings. The highest BCUT2D eigenvalue weighted by Gasteiger charge is 2.35. The second-order valence-electron chi connectivity index (χ2n) is 5.27. The molecule has 1 aliphatic carbocycles. The summed E-state index contributed by atoms with van der Waals surface area (Å²) in [4.78, 5) is 14.0. The lowest BCUT2D eigenvalue weighted by Crippen LogP contribution is -2.40. The van der Waals surface area contributed by atoms with Gasteiger partial charge in [0.25, 0.3) is 0 Å². The monoisotopic (exact) mass is 260 g/mol. The molecular weight excluding hydrogens is 240 g/mol. The molecule has 1 unspecified atom stereocenters. The number of likely N-dealkylation sites (tertiary alicyclic amines) is 1. The van der Waals surface area contributed by atoms with E-state index in [0.29, 0.717) is 19.2 Å². The molecular formula is C15H20N2O2. The number of para-hydroxylation sites is 1. The van der Waals surface area contributed by atoms with Gasteiger partial charge in [-0.05, 0) is 31.4 Å². The number of carbonyl (C=O) groups is 1. The maximum atomic E-state index is 12.1. The van der Waals surface area contributed by atoms with Gasteiger partial charge in [0.15, 0.2) is 0 Å². The first-order valence-electron chi connectivity index (χ1n) is 7.05. The van der Waals surface area contributed by atoms with Crippen molar-refractivity contribution in [2.45, 2.75) is 31.3 Å². The van der Waals surface area contributed by atoms with Crippen molar-refractivity contribution in [3.63, 3.8) is 0 Å². The molecule has 0 bridgehead atoms. The molecule has 0 aromatic heterocycles. The summed E-state index contributed by atoms with van der Waals surface area (Å²) in [6.45, 7) is 2.09. The molecule has 0 radical (unpaired) electrons. The number of rotatable bonds is 6. The summed E-state index contributed by atoms with van der Waals surface area (Å²) in [6, 6.07) is 10.4. The number of ether oxygens (including phenoxy) is 1. The summed E-state index contributed by atoms with van der Waals surface area (Å²) in [5.41, 5.74) is 0. The van der Waals surface area contributed by atoms with Crippen LogP contribution in [0.2, 0.25) is 0 Å². The second kappa shape index (κ2) is 5.61. The summed E-state index contributed by atoms with van der Waals surface area (Å²) in [7, 11) is 0. The lowest BCUT2D eigenvalue weighted by atomic mass is 10.2. The Kier molecular flexibility index (Phi) is 3.69. The van der Waals surface area contributed by atoms with Crippen molar-refractivity contribution in [3.8, 4) is 5.75 Å². The van der Waals surface area contributed by atoms with Gasteiger partial charge in [0.2, 0.25) is 5.91 Å². The average Bonchev–Trinajstić information content (AvgIpc) is 3.19. The van der Waals surface area contributed by atoms with Gasteiger partial charge in [-0.15, -0.1) is 0 Å². The maximum Gasteiger partial charge on any atom is 0.239 e. The van der Waals surface area contributed by atoms with Crippen LogP contribution in [0.25, 0.3) is 0 Å². The van der Waals surface area contributed by atoms with Crippen molar-refractivity contribution in [1.29, 1.82) is 0 Å². The van der Waals surface area contributed by atoms with E-state index in [4.69, 9.17) is 4.74 Å². The third-order valence-electron chi connectivity index (χ3n) is 3.68. The van der Waals surface area contributed by atoms with Crippen LogP contribution in [0.3, 0.4) is 0 Å². The van der Waals surface area contributed by atoms with E-state index < -0.39 is 0 Å². The van der Waals surface area contributed by atoms with Crippen LogP contribution in [0.4, 0.5) is 0 Å². The summed E-state index contributed by atoms with van der Waals surface area (Å²) >= 11 is 0. The fourth-order valence-corrected chi connectivity index (χ4v) is 2.44.